The Bertz CT molecular complexity index is 1510. The fraction of sp³-hybridized carbons (Fsp3) is 0.0455. The van der Waals surface area contributed by atoms with Gasteiger partial charge < -0.3 is 0 Å². The molecular weight excluding hydrogens is 376 g/mol. The Labute approximate surface area is 161 Å². The van der Waals surface area contributed by atoms with Crippen molar-refractivity contribution < 1.29 is 4.79 Å². The molecule has 4 heteroatoms. The average Bonchev–Trinajstić information content (AvgIpc) is 3.32. The van der Waals surface area contributed by atoms with Gasteiger partial charge in [0.05, 0.1) is 4.88 Å². The summed E-state index contributed by atoms with van der Waals surface area (Å²) in [6.45, 7) is 1.65. The number of Topliss-reactive ketones (excluding diaryl/α,β-unsaturated/α-hetero) is 1. The van der Waals surface area contributed by atoms with E-state index in [4.69, 9.17) is 0 Å². The lowest BCUT2D eigenvalue weighted by molar-refractivity contribution is 0.102. The molecule has 0 radical (unpaired) electrons. The lowest BCUT2D eigenvalue weighted by Gasteiger charge is -1.98. The van der Waals surface area contributed by atoms with Gasteiger partial charge in [0, 0.05) is 50.4 Å². The number of hydrogen-bond acceptors (Lipinski definition) is 4. The van der Waals surface area contributed by atoms with E-state index in [0.717, 1.165) is 4.88 Å². The Hall–Kier alpha value is -2.27. The summed E-state index contributed by atoms with van der Waals surface area (Å²) in [5.41, 5.74) is 0. The molecule has 0 saturated heterocycles. The molecule has 0 N–H and O–H groups in total. The minimum Gasteiger partial charge on any atom is -0.294 e. The third kappa shape index (κ3) is 1.87. The molecule has 0 bridgehead atoms. The molecule has 0 aliphatic rings. The van der Waals surface area contributed by atoms with E-state index in [1.807, 2.05) is 22.7 Å². The van der Waals surface area contributed by atoms with E-state index in [0.29, 0.717) is 0 Å². The molecule has 0 unspecified atom stereocenters. The highest BCUT2D eigenvalue weighted by atomic mass is 32.1. The Balaban J connectivity index is 1.93. The maximum atomic E-state index is 11.9. The number of carbonyl (C=O) groups is 1. The van der Waals surface area contributed by atoms with Gasteiger partial charge in [-0.15, -0.1) is 34.0 Å². The van der Waals surface area contributed by atoms with Crippen molar-refractivity contribution in [2.24, 2.45) is 0 Å². The molecule has 6 aromatic rings. The lowest BCUT2D eigenvalue weighted by atomic mass is 10.0. The van der Waals surface area contributed by atoms with Crippen molar-refractivity contribution in [1.82, 2.24) is 0 Å². The number of thiophene rings is 3. The van der Waals surface area contributed by atoms with Crippen LogP contribution in [0.5, 0.6) is 0 Å². The van der Waals surface area contributed by atoms with Crippen LogP contribution in [-0.2, 0) is 0 Å². The van der Waals surface area contributed by atoms with Crippen LogP contribution in [0, 0.1) is 0 Å². The molecule has 0 aliphatic heterocycles. The first-order chi connectivity index (χ1) is 12.7. The summed E-state index contributed by atoms with van der Waals surface area (Å²) < 4.78 is 6.47. The topological polar surface area (TPSA) is 17.1 Å². The molecule has 0 spiro atoms. The van der Waals surface area contributed by atoms with Crippen LogP contribution in [0.4, 0.5) is 0 Å². The zero-order chi connectivity index (χ0) is 17.4. The maximum Gasteiger partial charge on any atom is 0.169 e. The molecule has 0 atom stereocenters. The molecule has 0 saturated carbocycles. The van der Waals surface area contributed by atoms with E-state index in [9.17, 15) is 4.79 Å². The first-order valence-corrected chi connectivity index (χ1v) is 10.9. The van der Waals surface area contributed by atoms with Crippen molar-refractivity contribution in [2.75, 3.05) is 0 Å². The molecular formula is C22H12OS3. The largest absolute Gasteiger partial charge is 0.294 e. The standard InChI is InChI=1S/C22H12OS3/c1-11(23)19-10-13-15(25-19)6-7-17-21(13)22-18(26-17)9-8-16-20(22)12-4-2-3-5-14(12)24-16/h2-10H,1H3. The Morgan fingerprint density at radius 3 is 2.00 bits per heavy atom. The van der Waals surface area contributed by atoms with Crippen LogP contribution in [0.25, 0.3) is 50.4 Å². The normalized spacial score (nSPS) is 12.2. The van der Waals surface area contributed by atoms with Crippen LogP contribution in [0.15, 0.2) is 54.6 Å². The van der Waals surface area contributed by atoms with Crippen molar-refractivity contribution in [2.45, 2.75) is 6.92 Å². The molecule has 0 fully saturated rings. The first kappa shape index (κ1) is 14.9. The number of benzene rings is 3. The Kier molecular flexibility index (Phi) is 2.93. The summed E-state index contributed by atoms with van der Waals surface area (Å²) in [5.74, 6) is 0.144. The fourth-order valence-corrected chi connectivity index (χ4v) is 7.06. The minimum absolute atomic E-state index is 0.144. The molecule has 3 heterocycles. The average molecular weight is 389 g/mol. The number of rotatable bonds is 1. The van der Waals surface area contributed by atoms with Crippen LogP contribution >= 0.6 is 34.0 Å². The second-order valence-corrected chi connectivity index (χ2v) is 9.78. The summed E-state index contributed by atoms with van der Waals surface area (Å²) in [6.07, 6.45) is 0. The predicted molar refractivity (Wildman–Crippen MR) is 118 cm³/mol. The van der Waals surface area contributed by atoms with Gasteiger partial charge in [0.2, 0.25) is 0 Å². The van der Waals surface area contributed by atoms with E-state index < -0.39 is 0 Å². The molecule has 3 aromatic heterocycles. The third-order valence-corrected chi connectivity index (χ3v) is 8.44. The van der Waals surface area contributed by atoms with E-state index in [2.05, 4.69) is 54.6 Å². The van der Waals surface area contributed by atoms with Gasteiger partial charge in [0.25, 0.3) is 0 Å². The van der Waals surface area contributed by atoms with E-state index in [1.54, 1.807) is 18.3 Å². The van der Waals surface area contributed by atoms with Gasteiger partial charge in [0.15, 0.2) is 5.78 Å². The molecule has 0 aliphatic carbocycles. The summed E-state index contributed by atoms with van der Waals surface area (Å²) in [7, 11) is 0. The zero-order valence-electron chi connectivity index (χ0n) is 13.8. The van der Waals surface area contributed by atoms with Crippen molar-refractivity contribution >= 4 is 90.2 Å². The smallest absolute Gasteiger partial charge is 0.169 e. The SMILES string of the molecule is CC(=O)c1cc2c(ccc3sc4ccc5sc6ccccc6c5c4c32)s1. The van der Waals surface area contributed by atoms with Crippen LogP contribution in [-0.4, -0.2) is 5.78 Å². The van der Waals surface area contributed by atoms with Crippen LogP contribution in [0.1, 0.15) is 16.6 Å². The summed E-state index contributed by atoms with van der Waals surface area (Å²) in [4.78, 5) is 12.8. The van der Waals surface area contributed by atoms with Gasteiger partial charge in [0.1, 0.15) is 0 Å². The maximum absolute atomic E-state index is 11.9. The highest BCUT2D eigenvalue weighted by Crippen LogP contribution is 2.47. The molecule has 3 aromatic carbocycles. The van der Waals surface area contributed by atoms with Gasteiger partial charge in [-0.2, -0.15) is 0 Å². The molecule has 1 nitrogen and oxygen atoms in total. The number of hydrogen-bond donors (Lipinski definition) is 0. The fourth-order valence-electron chi connectivity index (χ4n) is 3.86. The monoisotopic (exact) mass is 388 g/mol. The Morgan fingerprint density at radius 2 is 1.23 bits per heavy atom. The summed E-state index contributed by atoms with van der Waals surface area (Å²) >= 11 is 5.30. The number of fused-ring (bicyclic) bond motifs is 9. The second kappa shape index (κ2) is 5.13. The van der Waals surface area contributed by atoms with Crippen LogP contribution in [0.2, 0.25) is 0 Å². The Morgan fingerprint density at radius 1 is 0.654 bits per heavy atom. The molecule has 0 amide bonds. The van der Waals surface area contributed by atoms with Gasteiger partial charge in [-0.3, -0.25) is 4.79 Å². The van der Waals surface area contributed by atoms with Gasteiger partial charge in [-0.25, -0.2) is 0 Å². The quantitative estimate of drug-likeness (QED) is 0.262. The number of ketones is 1. The second-order valence-electron chi connectivity index (χ2n) is 6.53. The lowest BCUT2D eigenvalue weighted by Crippen LogP contribution is -1.83. The van der Waals surface area contributed by atoms with Crippen molar-refractivity contribution in [3.63, 3.8) is 0 Å². The molecule has 124 valence electrons. The first-order valence-electron chi connectivity index (χ1n) is 8.40. The van der Waals surface area contributed by atoms with Gasteiger partial charge in [-0.1, -0.05) is 18.2 Å². The van der Waals surface area contributed by atoms with E-state index >= 15 is 0 Å². The predicted octanol–water partition coefficient (Wildman–Crippen LogP) is 7.84. The molecule has 6 rings (SSSR count). The summed E-state index contributed by atoms with van der Waals surface area (Å²) in [6, 6.07) is 19.6. The highest BCUT2D eigenvalue weighted by Gasteiger charge is 2.17. The van der Waals surface area contributed by atoms with Crippen molar-refractivity contribution in [1.29, 1.82) is 0 Å². The number of carbonyl (C=O) groups excluding carboxylic acids is 1. The van der Waals surface area contributed by atoms with E-state index in [1.165, 1.54) is 50.4 Å². The molecule has 26 heavy (non-hydrogen) atoms. The van der Waals surface area contributed by atoms with Crippen molar-refractivity contribution in [3.8, 4) is 0 Å². The third-order valence-electron chi connectivity index (χ3n) is 4.98. The summed E-state index contributed by atoms with van der Waals surface area (Å²) in [5, 5.41) is 6.56. The van der Waals surface area contributed by atoms with Gasteiger partial charge >= 0.3 is 0 Å². The van der Waals surface area contributed by atoms with Gasteiger partial charge in [-0.05, 0) is 43.3 Å². The van der Waals surface area contributed by atoms with Crippen LogP contribution in [0.3, 0.4) is 0 Å². The zero-order valence-corrected chi connectivity index (χ0v) is 16.3. The van der Waals surface area contributed by atoms with E-state index in [-0.39, 0.29) is 5.78 Å². The minimum atomic E-state index is 0.144. The van der Waals surface area contributed by atoms with Crippen molar-refractivity contribution in [3.05, 3.63) is 59.5 Å². The van der Waals surface area contributed by atoms with Crippen LogP contribution < -0.4 is 0 Å². The highest BCUT2D eigenvalue weighted by molar-refractivity contribution is 7.28.